The van der Waals surface area contributed by atoms with E-state index in [1.165, 1.54) is 12.8 Å². The van der Waals surface area contributed by atoms with Gasteiger partial charge in [-0.25, -0.2) is 4.79 Å². The Bertz CT molecular complexity index is 350. The third-order valence-corrected chi connectivity index (χ3v) is 3.44. The van der Waals surface area contributed by atoms with Crippen LogP contribution in [-0.4, -0.2) is 53.6 Å². The van der Waals surface area contributed by atoms with Crippen molar-refractivity contribution >= 4 is 12.0 Å². The van der Waals surface area contributed by atoms with Gasteiger partial charge in [-0.15, -0.1) is 0 Å². The first-order valence-corrected chi connectivity index (χ1v) is 7.11. The molecule has 1 saturated carbocycles. The normalized spacial score (nSPS) is 20.4. The van der Waals surface area contributed by atoms with Gasteiger partial charge >= 0.3 is 6.09 Å². The van der Waals surface area contributed by atoms with E-state index in [9.17, 15) is 9.59 Å². The van der Waals surface area contributed by atoms with Gasteiger partial charge in [-0.05, 0) is 39.5 Å². The molecule has 0 spiro atoms. The Hall–Kier alpha value is -1.26. The van der Waals surface area contributed by atoms with Crippen molar-refractivity contribution in [3.05, 3.63) is 0 Å². The third kappa shape index (κ3) is 4.40. The molecule has 0 atom stereocenters. The minimum Gasteiger partial charge on any atom is -0.444 e. The maximum atomic E-state index is 11.9. The fourth-order valence-corrected chi connectivity index (χ4v) is 2.16. The predicted octanol–water partition coefficient (Wildman–Crippen LogP) is 1.87. The second-order valence-electron chi connectivity index (χ2n) is 6.50. The van der Waals surface area contributed by atoms with Crippen molar-refractivity contribution in [3.8, 4) is 0 Å². The summed E-state index contributed by atoms with van der Waals surface area (Å²) in [6.45, 7) is 7.99. The fraction of sp³-hybridized carbons (Fsp3) is 0.857. The molecule has 0 N–H and O–H groups in total. The highest BCUT2D eigenvalue weighted by Gasteiger charge is 2.30. The lowest BCUT2D eigenvalue weighted by Crippen LogP contribution is -2.51. The number of hydrogen-bond donors (Lipinski definition) is 0. The van der Waals surface area contributed by atoms with Gasteiger partial charge < -0.3 is 14.5 Å². The zero-order valence-corrected chi connectivity index (χ0v) is 12.1. The zero-order chi connectivity index (χ0) is 14.0. The zero-order valence-electron chi connectivity index (χ0n) is 12.1. The maximum absolute atomic E-state index is 11.9. The summed E-state index contributed by atoms with van der Waals surface area (Å²) in [6.07, 6.45) is 2.81. The largest absolute Gasteiger partial charge is 0.444 e. The molecular formula is C14H24N2O3. The highest BCUT2D eigenvalue weighted by molar-refractivity contribution is 5.77. The molecule has 0 aromatic rings. The van der Waals surface area contributed by atoms with Gasteiger partial charge in [-0.2, -0.15) is 0 Å². The molecule has 0 unspecified atom stereocenters. The Morgan fingerprint density at radius 3 is 2.05 bits per heavy atom. The number of carbonyl (C=O) groups is 2. The van der Waals surface area contributed by atoms with Gasteiger partial charge in [0.1, 0.15) is 5.60 Å². The van der Waals surface area contributed by atoms with Gasteiger partial charge in [0.2, 0.25) is 5.91 Å². The van der Waals surface area contributed by atoms with Crippen LogP contribution in [0.15, 0.2) is 0 Å². The van der Waals surface area contributed by atoms with Crippen molar-refractivity contribution in [2.75, 3.05) is 26.2 Å². The average Bonchev–Trinajstić information content (AvgIpc) is 3.11. The molecule has 1 heterocycles. The van der Waals surface area contributed by atoms with E-state index in [1.807, 2.05) is 25.7 Å². The molecule has 0 radical (unpaired) electrons. The molecule has 19 heavy (non-hydrogen) atoms. The summed E-state index contributed by atoms with van der Waals surface area (Å²) < 4.78 is 5.33. The van der Waals surface area contributed by atoms with Crippen molar-refractivity contribution in [1.82, 2.24) is 9.80 Å². The second-order valence-corrected chi connectivity index (χ2v) is 6.50. The Labute approximate surface area is 114 Å². The summed E-state index contributed by atoms with van der Waals surface area (Å²) in [6, 6.07) is 0. The van der Waals surface area contributed by atoms with Crippen molar-refractivity contribution in [2.24, 2.45) is 5.92 Å². The van der Waals surface area contributed by atoms with E-state index in [4.69, 9.17) is 4.74 Å². The number of ether oxygens (including phenoxy) is 1. The summed E-state index contributed by atoms with van der Waals surface area (Å²) in [5, 5.41) is 0. The molecule has 1 aliphatic carbocycles. The first kappa shape index (κ1) is 14.2. The molecule has 2 rings (SSSR count). The number of carbonyl (C=O) groups excluding carboxylic acids is 2. The lowest BCUT2D eigenvalue weighted by molar-refractivity contribution is -0.133. The molecule has 108 valence electrons. The lowest BCUT2D eigenvalue weighted by atomic mass is 10.2. The molecule has 0 aromatic carbocycles. The van der Waals surface area contributed by atoms with Crippen LogP contribution in [0.25, 0.3) is 0 Å². The van der Waals surface area contributed by atoms with Crippen LogP contribution in [0.1, 0.15) is 40.0 Å². The van der Waals surface area contributed by atoms with Crippen LogP contribution in [0.3, 0.4) is 0 Å². The summed E-state index contributed by atoms with van der Waals surface area (Å²) in [5.74, 6) is 0.864. The number of amides is 2. The van der Waals surface area contributed by atoms with Gasteiger partial charge in [0.05, 0.1) is 0 Å². The number of rotatable bonds is 2. The van der Waals surface area contributed by atoms with E-state index in [0.29, 0.717) is 38.5 Å². The van der Waals surface area contributed by atoms with Crippen LogP contribution < -0.4 is 0 Å². The molecule has 2 amide bonds. The fourth-order valence-electron chi connectivity index (χ4n) is 2.16. The molecule has 1 aliphatic heterocycles. The van der Waals surface area contributed by atoms with E-state index in [-0.39, 0.29) is 12.0 Å². The van der Waals surface area contributed by atoms with Crippen LogP contribution in [-0.2, 0) is 9.53 Å². The van der Waals surface area contributed by atoms with E-state index in [1.54, 1.807) is 4.90 Å². The van der Waals surface area contributed by atoms with Crippen LogP contribution in [0.5, 0.6) is 0 Å². The van der Waals surface area contributed by atoms with Crippen LogP contribution in [0.4, 0.5) is 4.79 Å². The molecule has 1 saturated heterocycles. The molecule has 5 heteroatoms. The number of hydrogen-bond acceptors (Lipinski definition) is 3. The van der Waals surface area contributed by atoms with Crippen molar-refractivity contribution < 1.29 is 14.3 Å². The molecule has 0 bridgehead atoms. The van der Waals surface area contributed by atoms with Gasteiger partial charge in [0.25, 0.3) is 0 Å². The highest BCUT2D eigenvalue weighted by Crippen LogP contribution is 2.32. The van der Waals surface area contributed by atoms with Crippen molar-refractivity contribution in [1.29, 1.82) is 0 Å². The second kappa shape index (κ2) is 5.39. The quantitative estimate of drug-likeness (QED) is 0.768. The van der Waals surface area contributed by atoms with Crippen LogP contribution in [0.2, 0.25) is 0 Å². The third-order valence-electron chi connectivity index (χ3n) is 3.44. The molecule has 5 nitrogen and oxygen atoms in total. The number of nitrogens with zero attached hydrogens (tertiary/aromatic N) is 2. The van der Waals surface area contributed by atoms with Crippen LogP contribution in [0, 0.1) is 5.92 Å². The summed E-state index contributed by atoms with van der Waals surface area (Å²) in [7, 11) is 0. The van der Waals surface area contributed by atoms with Gasteiger partial charge in [-0.3, -0.25) is 4.79 Å². The van der Waals surface area contributed by atoms with E-state index >= 15 is 0 Å². The van der Waals surface area contributed by atoms with Crippen molar-refractivity contribution in [2.45, 2.75) is 45.6 Å². The first-order valence-electron chi connectivity index (χ1n) is 7.11. The molecule has 0 aromatic heterocycles. The van der Waals surface area contributed by atoms with Gasteiger partial charge in [0, 0.05) is 32.6 Å². The van der Waals surface area contributed by atoms with E-state index < -0.39 is 5.60 Å². The minimum absolute atomic E-state index is 0.242. The van der Waals surface area contributed by atoms with E-state index in [2.05, 4.69) is 0 Å². The molecule has 2 fully saturated rings. The van der Waals surface area contributed by atoms with Gasteiger partial charge in [-0.1, -0.05) is 0 Å². The monoisotopic (exact) mass is 268 g/mol. The smallest absolute Gasteiger partial charge is 0.410 e. The predicted molar refractivity (Wildman–Crippen MR) is 71.7 cm³/mol. The SMILES string of the molecule is CC(C)(C)OC(=O)N1CCN(C(=O)CC2CC2)CC1. The first-order chi connectivity index (χ1) is 8.85. The van der Waals surface area contributed by atoms with Crippen molar-refractivity contribution in [3.63, 3.8) is 0 Å². The van der Waals surface area contributed by atoms with Gasteiger partial charge in [0.15, 0.2) is 0 Å². The Balaban J connectivity index is 1.75. The Morgan fingerprint density at radius 1 is 1.05 bits per heavy atom. The standard InChI is InChI=1S/C14H24N2O3/c1-14(2,3)19-13(18)16-8-6-15(7-9-16)12(17)10-11-4-5-11/h11H,4-10H2,1-3H3. The van der Waals surface area contributed by atoms with E-state index in [0.717, 1.165) is 0 Å². The van der Waals surface area contributed by atoms with Crippen LogP contribution >= 0.6 is 0 Å². The average molecular weight is 268 g/mol. The minimum atomic E-state index is -0.462. The number of piperazine rings is 1. The Kier molecular flexibility index (Phi) is 4.02. The Morgan fingerprint density at radius 2 is 1.58 bits per heavy atom. The summed E-state index contributed by atoms with van der Waals surface area (Å²) >= 11 is 0. The highest BCUT2D eigenvalue weighted by atomic mass is 16.6. The summed E-state index contributed by atoms with van der Waals surface area (Å²) in [5.41, 5.74) is -0.462. The maximum Gasteiger partial charge on any atom is 0.410 e. The summed E-state index contributed by atoms with van der Waals surface area (Å²) in [4.78, 5) is 27.4. The molecule has 2 aliphatic rings. The topological polar surface area (TPSA) is 49.9 Å². The lowest BCUT2D eigenvalue weighted by Gasteiger charge is -2.35. The molecular weight excluding hydrogens is 244 g/mol.